The Hall–Kier alpha value is -0.240. The van der Waals surface area contributed by atoms with Crippen LogP contribution < -0.4 is 5.32 Å². The lowest BCUT2D eigenvalue weighted by molar-refractivity contribution is 0.539. The predicted molar refractivity (Wildman–Crippen MR) is 63.1 cm³/mol. The van der Waals surface area contributed by atoms with Gasteiger partial charge in [-0.15, -0.1) is 11.6 Å². The summed E-state index contributed by atoms with van der Waals surface area (Å²) in [4.78, 5) is 0. The van der Waals surface area contributed by atoms with Gasteiger partial charge < -0.3 is 5.32 Å². The minimum absolute atomic E-state index is 0.396. The predicted octanol–water partition coefficient (Wildman–Crippen LogP) is 3.45. The first-order valence-electron chi connectivity index (χ1n) is 4.80. The molecule has 0 heterocycles. The Kier molecular flexibility index (Phi) is 5.31. The highest BCUT2D eigenvalue weighted by atomic mass is 35.5. The zero-order valence-corrected chi connectivity index (χ0v) is 9.78. The zero-order chi connectivity index (χ0) is 10.4. The summed E-state index contributed by atoms with van der Waals surface area (Å²) in [6.07, 6.45) is 1.05. The normalized spacial score (nSPS) is 12.8. The Balaban J connectivity index is 2.41. The van der Waals surface area contributed by atoms with Crippen LogP contribution in [-0.4, -0.2) is 11.9 Å². The molecule has 1 aromatic rings. The first kappa shape index (κ1) is 11.8. The maximum absolute atomic E-state index is 5.79. The van der Waals surface area contributed by atoms with Gasteiger partial charge in [-0.05, 0) is 24.1 Å². The number of hydrogen-bond donors (Lipinski definition) is 1. The van der Waals surface area contributed by atoms with Gasteiger partial charge in [-0.1, -0.05) is 30.7 Å². The highest BCUT2D eigenvalue weighted by molar-refractivity contribution is 6.30. The van der Waals surface area contributed by atoms with Crippen molar-refractivity contribution >= 4 is 23.2 Å². The van der Waals surface area contributed by atoms with Crippen molar-refractivity contribution in [2.45, 2.75) is 25.9 Å². The van der Waals surface area contributed by atoms with E-state index in [4.69, 9.17) is 23.2 Å². The number of hydrogen-bond acceptors (Lipinski definition) is 1. The monoisotopic (exact) mass is 231 g/mol. The fourth-order valence-corrected chi connectivity index (χ4v) is 1.63. The van der Waals surface area contributed by atoms with Gasteiger partial charge in [-0.25, -0.2) is 0 Å². The van der Waals surface area contributed by atoms with Gasteiger partial charge in [-0.3, -0.25) is 0 Å². The smallest absolute Gasteiger partial charge is 0.0406 e. The number of alkyl halides is 1. The number of nitrogens with one attached hydrogen (secondary N) is 1. The molecule has 0 bridgehead atoms. The first-order chi connectivity index (χ1) is 6.76. The van der Waals surface area contributed by atoms with E-state index in [-0.39, 0.29) is 0 Å². The summed E-state index contributed by atoms with van der Waals surface area (Å²) in [6.45, 7) is 2.98. The fraction of sp³-hybridized carbons (Fsp3) is 0.455. The zero-order valence-electron chi connectivity index (χ0n) is 8.26. The lowest BCUT2D eigenvalue weighted by atomic mass is 10.2. The van der Waals surface area contributed by atoms with Crippen LogP contribution in [0.3, 0.4) is 0 Å². The van der Waals surface area contributed by atoms with E-state index in [1.54, 1.807) is 0 Å². The molecule has 3 heteroatoms. The fourth-order valence-electron chi connectivity index (χ4n) is 1.17. The van der Waals surface area contributed by atoms with Gasteiger partial charge >= 0.3 is 0 Å². The molecule has 1 nitrogen and oxygen atoms in total. The van der Waals surface area contributed by atoms with Crippen LogP contribution in [0.5, 0.6) is 0 Å². The summed E-state index contributed by atoms with van der Waals surface area (Å²) in [5, 5.41) is 4.16. The molecule has 0 aliphatic rings. The van der Waals surface area contributed by atoms with Crippen LogP contribution in [0.4, 0.5) is 0 Å². The molecule has 1 rings (SSSR count). The number of benzene rings is 1. The van der Waals surface area contributed by atoms with E-state index in [2.05, 4.69) is 12.2 Å². The van der Waals surface area contributed by atoms with Crippen molar-refractivity contribution in [3.8, 4) is 0 Å². The average Bonchev–Trinajstić information content (AvgIpc) is 2.22. The minimum Gasteiger partial charge on any atom is -0.309 e. The molecule has 0 saturated heterocycles. The molecule has 78 valence electrons. The van der Waals surface area contributed by atoms with Crippen LogP contribution in [0, 0.1) is 0 Å². The van der Waals surface area contributed by atoms with Gasteiger partial charge in [0, 0.05) is 23.5 Å². The molecule has 0 fully saturated rings. The standard InChI is InChI=1S/C11H15Cl2N/c1-2-11(7-12)14-8-9-3-5-10(13)6-4-9/h3-6,11,14H,2,7-8H2,1H3. The molecule has 0 aliphatic carbocycles. The van der Waals surface area contributed by atoms with Crippen molar-refractivity contribution in [3.05, 3.63) is 34.9 Å². The Bertz CT molecular complexity index is 254. The van der Waals surface area contributed by atoms with Crippen LogP contribution in [-0.2, 0) is 6.54 Å². The quantitative estimate of drug-likeness (QED) is 0.766. The van der Waals surface area contributed by atoms with Crippen molar-refractivity contribution in [2.75, 3.05) is 5.88 Å². The third-order valence-electron chi connectivity index (χ3n) is 2.19. The molecule has 0 aliphatic heterocycles. The number of rotatable bonds is 5. The third kappa shape index (κ3) is 3.87. The summed E-state index contributed by atoms with van der Waals surface area (Å²) in [6, 6.07) is 8.25. The van der Waals surface area contributed by atoms with E-state index in [0.717, 1.165) is 18.0 Å². The maximum Gasteiger partial charge on any atom is 0.0406 e. The molecule has 14 heavy (non-hydrogen) atoms. The van der Waals surface area contributed by atoms with Gasteiger partial charge in [0.2, 0.25) is 0 Å². The van der Waals surface area contributed by atoms with E-state index in [1.807, 2.05) is 24.3 Å². The maximum atomic E-state index is 5.79. The van der Waals surface area contributed by atoms with E-state index in [9.17, 15) is 0 Å². The Morgan fingerprint density at radius 1 is 1.29 bits per heavy atom. The number of halogens is 2. The molecule has 0 aromatic heterocycles. The van der Waals surface area contributed by atoms with Gasteiger partial charge in [-0.2, -0.15) is 0 Å². The van der Waals surface area contributed by atoms with Crippen molar-refractivity contribution in [1.82, 2.24) is 5.32 Å². The van der Waals surface area contributed by atoms with Crippen LogP contribution >= 0.6 is 23.2 Å². The molecular weight excluding hydrogens is 217 g/mol. The van der Waals surface area contributed by atoms with E-state index in [1.165, 1.54) is 5.56 Å². The SMILES string of the molecule is CCC(CCl)NCc1ccc(Cl)cc1. The second-order valence-corrected chi connectivity index (χ2v) is 4.01. The van der Waals surface area contributed by atoms with Crippen molar-refractivity contribution < 1.29 is 0 Å². The Labute approximate surface area is 95.4 Å². The van der Waals surface area contributed by atoms with Crippen molar-refractivity contribution in [1.29, 1.82) is 0 Å². The first-order valence-corrected chi connectivity index (χ1v) is 5.71. The largest absolute Gasteiger partial charge is 0.309 e. The molecular formula is C11H15Cl2N. The Morgan fingerprint density at radius 3 is 2.43 bits per heavy atom. The van der Waals surface area contributed by atoms with E-state index < -0.39 is 0 Å². The molecule has 1 unspecified atom stereocenters. The molecule has 0 amide bonds. The van der Waals surface area contributed by atoms with Crippen LogP contribution in [0.2, 0.25) is 5.02 Å². The molecule has 0 saturated carbocycles. The summed E-state index contributed by atoms with van der Waals surface area (Å²) in [5.41, 5.74) is 1.23. The summed E-state index contributed by atoms with van der Waals surface area (Å²) in [7, 11) is 0. The van der Waals surface area contributed by atoms with Crippen molar-refractivity contribution in [2.24, 2.45) is 0 Å². The molecule has 0 spiro atoms. The highest BCUT2D eigenvalue weighted by Crippen LogP contribution is 2.09. The lowest BCUT2D eigenvalue weighted by Gasteiger charge is -2.13. The van der Waals surface area contributed by atoms with Crippen LogP contribution in [0.15, 0.2) is 24.3 Å². The van der Waals surface area contributed by atoms with Crippen LogP contribution in [0.25, 0.3) is 0 Å². The second-order valence-electron chi connectivity index (χ2n) is 3.27. The average molecular weight is 232 g/mol. The summed E-state index contributed by atoms with van der Waals surface area (Å²) in [5.74, 6) is 0.657. The molecule has 0 radical (unpaired) electrons. The second kappa shape index (κ2) is 6.28. The third-order valence-corrected chi connectivity index (χ3v) is 2.81. The topological polar surface area (TPSA) is 12.0 Å². The molecule has 1 aromatic carbocycles. The summed E-state index contributed by atoms with van der Waals surface area (Å²) < 4.78 is 0. The van der Waals surface area contributed by atoms with Gasteiger partial charge in [0.05, 0.1) is 0 Å². The van der Waals surface area contributed by atoms with E-state index in [0.29, 0.717) is 11.9 Å². The lowest BCUT2D eigenvalue weighted by Crippen LogP contribution is -2.29. The highest BCUT2D eigenvalue weighted by Gasteiger charge is 2.02. The van der Waals surface area contributed by atoms with Gasteiger partial charge in [0.15, 0.2) is 0 Å². The Morgan fingerprint density at radius 2 is 1.93 bits per heavy atom. The molecule has 1 atom stereocenters. The minimum atomic E-state index is 0.396. The van der Waals surface area contributed by atoms with E-state index >= 15 is 0 Å². The molecule has 1 N–H and O–H groups in total. The van der Waals surface area contributed by atoms with Crippen molar-refractivity contribution in [3.63, 3.8) is 0 Å². The van der Waals surface area contributed by atoms with Gasteiger partial charge in [0.25, 0.3) is 0 Å². The van der Waals surface area contributed by atoms with Gasteiger partial charge in [0.1, 0.15) is 0 Å². The van der Waals surface area contributed by atoms with Crippen LogP contribution in [0.1, 0.15) is 18.9 Å². The summed E-state index contributed by atoms with van der Waals surface area (Å²) >= 11 is 11.6.